The van der Waals surface area contributed by atoms with E-state index in [4.69, 9.17) is 9.15 Å². The van der Waals surface area contributed by atoms with Crippen molar-refractivity contribution >= 4 is 23.2 Å². The molecule has 0 bridgehead atoms. The summed E-state index contributed by atoms with van der Waals surface area (Å²) < 4.78 is 10.7. The molecular formula is C17H13N3O5S. The first kappa shape index (κ1) is 17.6. The van der Waals surface area contributed by atoms with Crippen molar-refractivity contribution in [2.24, 2.45) is 0 Å². The van der Waals surface area contributed by atoms with E-state index in [1.807, 2.05) is 0 Å². The van der Waals surface area contributed by atoms with E-state index in [1.54, 1.807) is 31.4 Å². The molecule has 8 nitrogen and oxygen atoms in total. The Labute approximate surface area is 152 Å². The molecule has 9 heteroatoms. The Morgan fingerprint density at radius 3 is 2.54 bits per heavy atom. The SMILES string of the molecule is COc1ccc(-c2nnc(Sc3ccc(C(C)=O)cc3[N+](=O)[O-])o2)cc1. The van der Waals surface area contributed by atoms with Crippen molar-refractivity contribution in [3.8, 4) is 17.2 Å². The zero-order chi connectivity index (χ0) is 18.7. The van der Waals surface area contributed by atoms with Gasteiger partial charge < -0.3 is 9.15 Å². The molecule has 0 saturated heterocycles. The number of nitro benzene ring substituents is 1. The highest BCUT2D eigenvalue weighted by Gasteiger charge is 2.20. The molecule has 1 heterocycles. The van der Waals surface area contributed by atoms with Gasteiger partial charge in [-0.15, -0.1) is 10.2 Å². The molecule has 0 saturated carbocycles. The summed E-state index contributed by atoms with van der Waals surface area (Å²) in [5, 5.41) is 19.3. The Bertz CT molecular complexity index is 969. The van der Waals surface area contributed by atoms with E-state index in [9.17, 15) is 14.9 Å². The summed E-state index contributed by atoms with van der Waals surface area (Å²) in [7, 11) is 1.57. The van der Waals surface area contributed by atoms with Crippen LogP contribution in [0.4, 0.5) is 5.69 Å². The lowest BCUT2D eigenvalue weighted by atomic mass is 10.1. The van der Waals surface area contributed by atoms with Gasteiger partial charge in [-0.3, -0.25) is 14.9 Å². The highest BCUT2D eigenvalue weighted by Crippen LogP contribution is 2.36. The van der Waals surface area contributed by atoms with Crippen LogP contribution in [-0.4, -0.2) is 28.0 Å². The molecular weight excluding hydrogens is 358 g/mol. The number of Topliss-reactive ketones (excluding diaryl/α,β-unsaturated/α-hetero) is 1. The maximum atomic E-state index is 11.4. The van der Waals surface area contributed by atoms with Gasteiger partial charge in [0.05, 0.1) is 16.9 Å². The third-order valence-electron chi connectivity index (χ3n) is 3.50. The van der Waals surface area contributed by atoms with Gasteiger partial charge in [0.2, 0.25) is 5.89 Å². The van der Waals surface area contributed by atoms with Crippen LogP contribution in [0.5, 0.6) is 5.75 Å². The Hall–Kier alpha value is -3.20. The van der Waals surface area contributed by atoms with Gasteiger partial charge in [-0.2, -0.15) is 0 Å². The Morgan fingerprint density at radius 1 is 1.19 bits per heavy atom. The largest absolute Gasteiger partial charge is 0.497 e. The zero-order valence-electron chi connectivity index (χ0n) is 13.8. The van der Waals surface area contributed by atoms with Crippen molar-refractivity contribution in [2.45, 2.75) is 17.0 Å². The first-order valence-corrected chi connectivity index (χ1v) is 8.24. The maximum absolute atomic E-state index is 11.4. The molecule has 132 valence electrons. The van der Waals surface area contributed by atoms with Crippen LogP contribution in [0, 0.1) is 10.1 Å². The minimum absolute atomic E-state index is 0.162. The number of carbonyl (C=O) groups is 1. The van der Waals surface area contributed by atoms with E-state index in [0.29, 0.717) is 16.2 Å². The van der Waals surface area contributed by atoms with Crippen LogP contribution in [0.1, 0.15) is 17.3 Å². The summed E-state index contributed by atoms with van der Waals surface area (Å²) in [5.41, 5.74) is 0.781. The molecule has 0 atom stereocenters. The summed E-state index contributed by atoms with van der Waals surface area (Å²) in [4.78, 5) is 22.5. The fourth-order valence-electron chi connectivity index (χ4n) is 2.16. The quantitative estimate of drug-likeness (QED) is 0.363. The topological polar surface area (TPSA) is 108 Å². The molecule has 0 unspecified atom stereocenters. The molecule has 0 radical (unpaired) electrons. The fraction of sp³-hybridized carbons (Fsp3) is 0.118. The molecule has 3 aromatic rings. The summed E-state index contributed by atoms with van der Waals surface area (Å²) >= 11 is 0.968. The number of rotatable bonds is 6. The second kappa shape index (κ2) is 7.36. The van der Waals surface area contributed by atoms with Gasteiger partial charge in [-0.25, -0.2) is 0 Å². The van der Waals surface area contributed by atoms with Gasteiger partial charge in [0.1, 0.15) is 5.75 Å². The van der Waals surface area contributed by atoms with Crippen molar-refractivity contribution in [1.29, 1.82) is 0 Å². The Morgan fingerprint density at radius 2 is 1.92 bits per heavy atom. The van der Waals surface area contributed by atoms with Crippen LogP contribution >= 0.6 is 11.8 Å². The molecule has 26 heavy (non-hydrogen) atoms. The van der Waals surface area contributed by atoms with Gasteiger partial charge in [-0.05, 0) is 55.1 Å². The number of nitro groups is 1. The van der Waals surface area contributed by atoms with Crippen molar-refractivity contribution < 1.29 is 18.9 Å². The highest BCUT2D eigenvalue weighted by atomic mass is 32.2. The second-order valence-corrected chi connectivity index (χ2v) is 6.19. The monoisotopic (exact) mass is 371 g/mol. The average Bonchev–Trinajstić information content (AvgIpc) is 3.10. The smallest absolute Gasteiger partial charge is 0.284 e. The number of methoxy groups -OCH3 is 1. The molecule has 0 N–H and O–H groups in total. The molecule has 3 rings (SSSR count). The number of ketones is 1. The van der Waals surface area contributed by atoms with Gasteiger partial charge in [0, 0.05) is 17.2 Å². The first-order chi connectivity index (χ1) is 12.5. The van der Waals surface area contributed by atoms with Crippen molar-refractivity contribution in [2.75, 3.05) is 7.11 Å². The van der Waals surface area contributed by atoms with Gasteiger partial charge in [0.15, 0.2) is 5.78 Å². The van der Waals surface area contributed by atoms with Crippen molar-refractivity contribution in [3.05, 3.63) is 58.1 Å². The molecule has 0 aliphatic rings. The molecule has 1 aromatic heterocycles. The number of carbonyl (C=O) groups excluding carboxylic acids is 1. The third kappa shape index (κ3) is 3.72. The zero-order valence-corrected chi connectivity index (χ0v) is 14.6. The maximum Gasteiger partial charge on any atom is 0.284 e. The lowest BCUT2D eigenvalue weighted by molar-refractivity contribution is -0.387. The summed E-state index contributed by atoms with van der Waals surface area (Å²) in [5.74, 6) is 0.742. The predicted molar refractivity (Wildman–Crippen MR) is 93.5 cm³/mol. The third-order valence-corrected chi connectivity index (χ3v) is 4.41. The fourth-order valence-corrected chi connectivity index (χ4v) is 2.93. The number of ether oxygens (including phenoxy) is 1. The number of hydrogen-bond donors (Lipinski definition) is 0. The summed E-state index contributed by atoms with van der Waals surface area (Å²) in [6.07, 6.45) is 0. The van der Waals surface area contributed by atoms with Crippen LogP contribution in [0.25, 0.3) is 11.5 Å². The molecule has 2 aromatic carbocycles. The van der Waals surface area contributed by atoms with Crippen LogP contribution in [0.2, 0.25) is 0 Å². The predicted octanol–water partition coefficient (Wildman–Crippen LogP) is 4.01. The van der Waals surface area contributed by atoms with Crippen molar-refractivity contribution in [1.82, 2.24) is 10.2 Å². The lowest BCUT2D eigenvalue weighted by Crippen LogP contribution is -1.97. The molecule has 0 aliphatic heterocycles. The highest BCUT2D eigenvalue weighted by molar-refractivity contribution is 7.99. The number of benzene rings is 2. The molecule has 0 spiro atoms. The summed E-state index contributed by atoms with van der Waals surface area (Å²) in [6, 6.07) is 11.3. The van der Waals surface area contributed by atoms with Crippen LogP contribution in [0.3, 0.4) is 0 Å². The molecule has 0 amide bonds. The molecule has 0 aliphatic carbocycles. The minimum Gasteiger partial charge on any atom is -0.497 e. The normalized spacial score (nSPS) is 10.5. The standard InChI is InChI=1S/C17H13N3O5S/c1-10(21)12-5-8-15(14(9-12)20(22)23)26-17-19-18-16(25-17)11-3-6-13(24-2)7-4-11/h3-9H,1-2H3. The second-order valence-electron chi connectivity index (χ2n) is 5.20. The average molecular weight is 371 g/mol. The van der Waals surface area contributed by atoms with E-state index in [1.165, 1.54) is 25.1 Å². The van der Waals surface area contributed by atoms with Crippen LogP contribution < -0.4 is 4.74 Å². The lowest BCUT2D eigenvalue weighted by Gasteiger charge is -2.02. The van der Waals surface area contributed by atoms with E-state index in [-0.39, 0.29) is 28.1 Å². The Balaban J connectivity index is 1.86. The van der Waals surface area contributed by atoms with Crippen molar-refractivity contribution in [3.63, 3.8) is 0 Å². The van der Waals surface area contributed by atoms with Gasteiger partial charge in [0.25, 0.3) is 10.9 Å². The number of hydrogen-bond acceptors (Lipinski definition) is 8. The summed E-state index contributed by atoms with van der Waals surface area (Å²) in [6.45, 7) is 1.35. The van der Waals surface area contributed by atoms with Crippen LogP contribution in [-0.2, 0) is 0 Å². The van der Waals surface area contributed by atoms with E-state index >= 15 is 0 Å². The minimum atomic E-state index is -0.546. The van der Waals surface area contributed by atoms with Crippen LogP contribution in [0.15, 0.2) is 57.0 Å². The van der Waals surface area contributed by atoms with Gasteiger partial charge in [-0.1, -0.05) is 0 Å². The van der Waals surface area contributed by atoms with E-state index in [2.05, 4.69) is 10.2 Å². The van der Waals surface area contributed by atoms with E-state index in [0.717, 1.165) is 11.8 Å². The number of aromatic nitrogens is 2. The van der Waals surface area contributed by atoms with E-state index < -0.39 is 4.92 Å². The molecule has 0 fully saturated rings. The van der Waals surface area contributed by atoms with Gasteiger partial charge >= 0.3 is 0 Å². The number of nitrogens with zero attached hydrogens (tertiary/aromatic N) is 3. The first-order valence-electron chi connectivity index (χ1n) is 7.43. The Kier molecular flexibility index (Phi) is 4.99.